The molecule has 5 rings (SSSR count). The predicted octanol–water partition coefficient (Wildman–Crippen LogP) is 3.34. The van der Waals surface area contributed by atoms with E-state index >= 15 is 0 Å². The summed E-state index contributed by atoms with van der Waals surface area (Å²) in [6.07, 6.45) is 1.97. The molecule has 0 N–H and O–H groups in total. The summed E-state index contributed by atoms with van der Waals surface area (Å²) in [5.74, 6) is 0.431. The van der Waals surface area contributed by atoms with Gasteiger partial charge in [0.15, 0.2) is 6.73 Å². The Kier molecular flexibility index (Phi) is 3.55. The van der Waals surface area contributed by atoms with Gasteiger partial charge in [0.1, 0.15) is 11.4 Å². The number of esters is 1. The molecule has 1 saturated carbocycles. The smallest absolute Gasteiger partial charge is 0.304 e. The third kappa shape index (κ3) is 2.37. The van der Waals surface area contributed by atoms with Crippen LogP contribution < -0.4 is 10.3 Å². The van der Waals surface area contributed by atoms with E-state index in [1.54, 1.807) is 4.57 Å². The van der Waals surface area contributed by atoms with E-state index in [-0.39, 0.29) is 41.4 Å². The third-order valence-electron chi connectivity index (χ3n) is 6.80. The second-order valence-corrected chi connectivity index (χ2v) is 8.99. The van der Waals surface area contributed by atoms with Crippen molar-refractivity contribution < 1.29 is 19.0 Å². The van der Waals surface area contributed by atoms with Crippen molar-refractivity contribution in [2.24, 2.45) is 5.92 Å². The maximum Gasteiger partial charge on any atom is 0.304 e. The first-order valence-electron chi connectivity index (χ1n) is 9.88. The summed E-state index contributed by atoms with van der Waals surface area (Å²) in [6.45, 7) is 7.59. The largest absolute Gasteiger partial charge is 0.486 e. The molecule has 0 unspecified atom stereocenters. The van der Waals surface area contributed by atoms with Crippen LogP contribution in [0.15, 0.2) is 29.1 Å². The van der Waals surface area contributed by atoms with Crippen LogP contribution in [0.2, 0.25) is 0 Å². The van der Waals surface area contributed by atoms with Crippen molar-refractivity contribution in [3.63, 3.8) is 0 Å². The van der Waals surface area contributed by atoms with Crippen molar-refractivity contribution in [3.05, 3.63) is 40.2 Å². The number of ether oxygens (including phenoxy) is 3. The minimum atomic E-state index is -0.417. The normalized spacial score (nSPS) is 31.9. The lowest BCUT2D eigenvalue weighted by Gasteiger charge is -2.47. The van der Waals surface area contributed by atoms with Gasteiger partial charge in [-0.3, -0.25) is 14.2 Å². The minimum Gasteiger partial charge on any atom is -0.486 e. The number of hydrogen-bond donors (Lipinski definition) is 0. The van der Waals surface area contributed by atoms with Gasteiger partial charge in [0.25, 0.3) is 5.56 Å². The minimum absolute atomic E-state index is 0.0156. The molecule has 1 aromatic heterocycles. The fourth-order valence-electron chi connectivity index (χ4n) is 5.30. The Morgan fingerprint density at radius 3 is 2.79 bits per heavy atom. The summed E-state index contributed by atoms with van der Waals surface area (Å²) < 4.78 is 19.3. The quantitative estimate of drug-likeness (QED) is 0.588. The maximum atomic E-state index is 13.6. The molecule has 148 valence electrons. The fourth-order valence-corrected chi connectivity index (χ4v) is 5.30. The molecular formula is C22H25NO5. The van der Waals surface area contributed by atoms with E-state index in [9.17, 15) is 9.59 Å². The first-order valence-corrected chi connectivity index (χ1v) is 9.88. The Hall–Kier alpha value is -2.34. The topological polar surface area (TPSA) is 70.1 Å². The number of para-hydroxylation sites is 1. The Morgan fingerprint density at radius 2 is 2.04 bits per heavy atom. The molecule has 6 heteroatoms. The average molecular weight is 383 g/mol. The molecule has 0 radical (unpaired) electrons. The number of nitrogens with zero attached hydrogens (tertiary/aromatic N) is 1. The summed E-state index contributed by atoms with van der Waals surface area (Å²) >= 11 is 0. The Morgan fingerprint density at radius 1 is 1.29 bits per heavy atom. The van der Waals surface area contributed by atoms with Crippen LogP contribution in [0.4, 0.5) is 0 Å². The lowest BCUT2D eigenvalue weighted by molar-refractivity contribution is -0.144. The number of epoxide rings is 1. The lowest BCUT2D eigenvalue weighted by atomic mass is 9.64. The maximum absolute atomic E-state index is 13.6. The standard InChI is InChI=1S/C22H25NO5/c1-12(24)26-11-23-15-8-6-5-7-13(15)18-17(20(23)25)16-14(21(2,3)27-18)9-10-22(4)19(16)28-22/h5-8,14,16,19H,9-11H2,1-4H3/t14-,16-,19-,22+/m1/s1. The van der Waals surface area contributed by atoms with Crippen molar-refractivity contribution in [1.29, 1.82) is 0 Å². The molecule has 2 aromatic rings. The van der Waals surface area contributed by atoms with Crippen molar-refractivity contribution in [3.8, 4) is 5.75 Å². The molecule has 1 aromatic carbocycles. The molecule has 0 bridgehead atoms. The molecule has 3 aliphatic rings. The van der Waals surface area contributed by atoms with Gasteiger partial charge < -0.3 is 14.2 Å². The number of benzene rings is 1. The van der Waals surface area contributed by atoms with Crippen LogP contribution in [-0.4, -0.2) is 27.8 Å². The lowest BCUT2D eigenvalue weighted by Crippen LogP contribution is -2.51. The first-order chi connectivity index (χ1) is 13.2. The highest BCUT2D eigenvalue weighted by molar-refractivity contribution is 5.87. The molecule has 28 heavy (non-hydrogen) atoms. The van der Waals surface area contributed by atoms with Gasteiger partial charge in [0.05, 0.1) is 22.8 Å². The van der Waals surface area contributed by atoms with E-state index < -0.39 is 5.97 Å². The highest BCUT2D eigenvalue weighted by Crippen LogP contribution is 2.62. The molecule has 1 aliphatic carbocycles. The second kappa shape index (κ2) is 5.60. The fraction of sp³-hybridized carbons (Fsp3) is 0.545. The summed E-state index contributed by atoms with van der Waals surface area (Å²) in [7, 11) is 0. The number of carbonyl (C=O) groups is 1. The van der Waals surface area contributed by atoms with Crippen LogP contribution in [0.3, 0.4) is 0 Å². The van der Waals surface area contributed by atoms with E-state index in [1.807, 2.05) is 24.3 Å². The number of carbonyl (C=O) groups excluding carboxylic acids is 1. The number of fused-ring (bicyclic) bond motifs is 7. The number of hydrogen-bond acceptors (Lipinski definition) is 5. The molecule has 4 atom stereocenters. The highest BCUT2D eigenvalue weighted by atomic mass is 16.6. The van der Waals surface area contributed by atoms with Crippen molar-refractivity contribution in [2.75, 3.05) is 0 Å². The summed E-state index contributed by atoms with van der Waals surface area (Å²) in [4.78, 5) is 25.0. The molecule has 0 spiro atoms. The Labute approximate surface area is 163 Å². The van der Waals surface area contributed by atoms with Crippen LogP contribution in [-0.2, 0) is 21.0 Å². The number of rotatable bonds is 2. The first kappa shape index (κ1) is 17.7. The van der Waals surface area contributed by atoms with Gasteiger partial charge in [0.2, 0.25) is 0 Å². The van der Waals surface area contributed by atoms with Gasteiger partial charge >= 0.3 is 5.97 Å². The number of pyridine rings is 1. The van der Waals surface area contributed by atoms with E-state index in [1.165, 1.54) is 6.92 Å². The summed E-state index contributed by atoms with van der Waals surface area (Å²) in [6, 6.07) is 7.63. The average Bonchev–Trinajstić information content (AvgIpc) is 3.32. The zero-order chi connectivity index (χ0) is 19.8. The monoisotopic (exact) mass is 383 g/mol. The zero-order valence-corrected chi connectivity index (χ0v) is 16.7. The van der Waals surface area contributed by atoms with Gasteiger partial charge in [-0.2, -0.15) is 0 Å². The molecule has 2 fully saturated rings. The van der Waals surface area contributed by atoms with Gasteiger partial charge in [-0.25, -0.2) is 0 Å². The van der Waals surface area contributed by atoms with Gasteiger partial charge in [-0.1, -0.05) is 12.1 Å². The molecule has 0 amide bonds. The van der Waals surface area contributed by atoms with E-state index in [2.05, 4.69) is 20.8 Å². The highest BCUT2D eigenvalue weighted by Gasteiger charge is 2.65. The van der Waals surface area contributed by atoms with Crippen molar-refractivity contribution >= 4 is 16.9 Å². The van der Waals surface area contributed by atoms with Crippen LogP contribution >= 0.6 is 0 Å². The van der Waals surface area contributed by atoms with Crippen LogP contribution in [0.5, 0.6) is 5.75 Å². The van der Waals surface area contributed by atoms with Gasteiger partial charge in [0, 0.05) is 24.1 Å². The zero-order valence-electron chi connectivity index (χ0n) is 16.7. The van der Waals surface area contributed by atoms with Gasteiger partial charge in [-0.05, 0) is 45.7 Å². The van der Waals surface area contributed by atoms with Crippen LogP contribution in [0, 0.1) is 5.92 Å². The molecule has 3 heterocycles. The van der Waals surface area contributed by atoms with E-state index in [0.717, 1.165) is 18.2 Å². The van der Waals surface area contributed by atoms with Crippen LogP contribution in [0.1, 0.15) is 52.0 Å². The van der Waals surface area contributed by atoms with E-state index in [0.29, 0.717) is 16.8 Å². The third-order valence-corrected chi connectivity index (χ3v) is 6.80. The molecule has 1 saturated heterocycles. The molecular weight excluding hydrogens is 358 g/mol. The SMILES string of the molecule is CC(=O)OCn1c(=O)c2c(c3ccccc31)OC(C)(C)[C@@H]1CC[C@]3(C)O[C@@H]3[C@@H]21. The Balaban J connectivity index is 1.78. The predicted molar refractivity (Wildman–Crippen MR) is 103 cm³/mol. The van der Waals surface area contributed by atoms with Crippen LogP contribution in [0.25, 0.3) is 10.9 Å². The summed E-state index contributed by atoms with van der Waals surface area (Å²) in [5.41, 5.74) is 0.688. The second-order valence-electron chi connectivity index (χ2n) is 8.99. The molecule has 2 aliphatic heterocycles. The molecule has 6 nitrogen and oxygen atoms in total. The summed E-state index contributed by atoms with van der Waals surface area (Å²) in [5, 5.41) is 0.865. The van der Waals surface area contributed by atoms with Crippen molar-refractivity contribution in [2.45, 2.75) is 70.5 Å². The van der Waals surface area contributed by atoms with E-state index in [4.69, 9.17) is 14.2 Å². The van der Waals surface area contributed by atoms with Crippen molar-refractivity contribution in [1.82, 2.24) is 4.57 Å². The Bertz CT molecular complexity index is 1050. The van der Waals surface area contributed by atoms with Gasteiger partial charge in [-0.15, -0.1) is 0 Å². The number of aromatic nitrogens is 1.